The van der Waals surface area contributed by atoms with Crippen molar-refractivity contribution in [3.8, 4) is 10.9 Å². The summed E-state index contributed by atoms with van der Waals surface area (Å²) < 4.78 is 7.92. The van der Waals surface area contributed by atoms with Gasteiger partial charge in [0, 0.05) is 11.6 Å². The summed E-state index contributed by atoms with van der Waals surface area (Å²) in [6, 6.07) is 16.6. The van der Waals surface area contributed by atoms with Gasteiger partial charge in [-0.25, -0.2) is 4.98 Å². The molecule has 0 radical (unpaired) electrons. The van der Waals surface area contributed by atoms with Crippen molar-refractivity contribution in [2.45, 2.75) is 6.92 Å². The van der Waals surface area contributed by atoms with Crippen molar-refractivity contribution in [1.29, 1.82) is 0 Å². The second-order valence-corrected chi connectivity index (χ2v) is 6.74. The minimum absolute atomic E-state index is 0.186. The highest BCUT2D eigenvalue weighted by Gasteiger charge is 2.15. The number of carbonyl (C=O) groups excluding carboxylic acids is 1. The first kappa shape index (κ1) is 16.3. The molecule has 0 aliphatic carbocycles. The summed E-state index contributed by atoms with van der Waals surface area (Å²) in [7, 11) is 1.64. The predicted octanol–water partition coefficient (Wildman–Crippen LogP) is 4.05. The number of amides is 1. The van der Waals surface area contributed by atoms with Gasteiger partial charge in [0.25, 0.3) is 5.91 Å². The van der Waals surface area contributed by atoms with Crippen molar-refractivity contribution < 1.29 is 9.53 Å². The Balaban J connectivity index is 1.70. The molecule has 0 aliphatic heterocycles. The second kappa shape index (κ2) is 6.61. The number of anilines is 1. The third kappa shape index (κ3) is 3.04. The van der Waals surface area contributed by atoms with E-state index in [1.165, 1.54) is 11.3 Å². The van der Waals surface area contributed by atoms with Gasteiger partial charge in [0.1, 0.15) is 11.6 Å². The van der Waals surface area contributed by atoms with E-state index in [1.54, 1.807) is 23.9 Å². The van der Waals surface area contributed by atoms with Crippen LogP contribution in [0.5, 0.6) is 5.75 Å². The molecule has 2 heterocycles. The number of thiazole rings is 1. The van der Waals surface area contributed by atoms with Gasteiger partial charge in [0.05, 0.1) is 23.0 Å². The van der Waals surface area contributed by atoms with Crippen LogP contribution in [-0.2, 0) is 0 Å². The van der Waals surface area contributed by atoms with Crippen LogP contribution < -0.4 is 10.1 Å². The summed E-state index contributed by atoms with van der Waals surface area (Å²) >= 11 is 1.49. The summed E-state index contributed by atoms with van der Waals surface area (Å²) in [6.45, 7) is 1.88. The molecule has 0 spiro atoms. The number of ether oxygens (including phenoxy) is 1. The number of fused-ring (bicyclic) bond motifs is 1. The molecule has 0 aliphatic rings. The average Bonchev–Trinajstić information content (AvgIpc) is 3.24. The van der Waals surface area contributed by atoms with Crippen LogP contribution in [0.25, 0.3) is 15.3 Å². The van der Waals surface area contributed by atoms with Crippen LogP contribution in [0.4, 0.5) is 5.82 Å². The highest BCUT2D eigenvalue weighted by atomic mass is 32.1. The number of nitrogens with zero attached hydrogens (tertiary/aromatic N) is 3. The SMILES string of the molecule is COc1ccc2nc(-n3nc(C)cc3NC(=O)c3ccccc3)sc2c1. The maximum absolute atomic E-state index is 12.5. The molecule has 0 saturated heterocycles. The molecule has 2 aromatic heterocycles. The zero-order chi connectivity index (χ0) is 18.1. The molecule has 0 atom stereocenters. The average molecular weight is 364 g/mol. The molecule has 2 aromatic carbocycles. The number of carbonyl (C=O) groups is 1. The van der Waals surface area contributed by atoms with Gasteiger partial charge in [-0.15, -0.1) is 0 Å². The van der Waals surface area contributed by atoms with E-state index in [0.29, 0.717) is 16.5 Å². The van der Waals surface area contributed by atoms with Crippen LogP contribution >= 0.6 is 11.3 Å². The van der Waals surface area contributed by atoms with Gasteiger partial charge in [-0.2, -0.15) is 9.78 Å². The lowest BCUT2D eigenvalue weighted by atomic mass is 10.2. The molecule has 0 fully saturated rings. The van der Waals surface area contributed by atoms with Gasteiger partial charge in [-0.3, -0.25) is 4.79 Å². The lowest BCUT2D eigenvalue weighted by Gasteiger charge is -2.06. The standard InChI is InChI=1S/C19H16N4O2S/c1-12-10-17(21-18(24)13-6-4-3-5-7-13)23(22-12)19-20-15-9-8-14(25-2)11-16(15)26-19/h3-11H,1-2H3,(H,21,24). The maximum atomic E-state index is 12.5. The zero-order valence-electron chi connectivity index (χ0n) is 14.3. The van der Waals surface area contributed by atoms with Crippen LogP contribution in [0, 0.1) is 6.92 Å². The fourth-order valence-electron chi connectivity index (χ4n) is 2.62. The summed E-state index contributed by atoms with van der Waals surface area (Å²) in [5.74, 6) is 1.18. The van der Waals surface area contributed by atoms with E-state index >= 15 is 0 Å². The van der Waals surface area contributed by atoms with Crippen molar-refractivity contribution in [3.63, 3.8) is 0 Å². The summed E-state index contributed by atoms with van der Waals surface area (Å²) in [5.41, 5.74) is 2.25. The van der Waals surface area contributed by atoms with Crippen LogP contribution in [-0.4, -0.2) is 27.8 Å². The van der Waals surface area contributed by atoms with Gasteiger partial charge in [0.15, 0.2) is 0 Å². The molecule has 0 saturated carbocycles. The van der Waals surface area contributed by atoms with Crippen molar-refractivity contribution in [2.75, 3.05) is 12.4 Å². The first-order chi connectivity index (χ1) is 12.6. The minimum Gasteiger partial charge on any atom is -0.497 e. The number of rotatable bonds is 4. The third-order valence-corrected chi connectivity index (χ3v) is 4.87. The number of nitrogens with one attached hydrogen (secondary N) is 1. The molecular formula is C19H16N4O2S. The summed E-state index contributed by atoms with van der Waals surface area (Å²) in [5, 5.41) is 8.09. The molecule has 7 heteroatoms. The predicted molar refractivity (Wildman–Crippen MR) is 102 cm³/mol. The van der Waals surface area contributed by atoms with Crippen molar-refractivity contribution in [3.05, 3.63) is 65.9 Å². The molecule has 1 amide bonds. The third-order valence-electron chi connectivity index (χ3n) is 3.87. The highest BCUT2D eigenvalue weighted by molar-refractivity contribution is 7.20. The van der Waals surface area contributed by atoms with Gasteiger partial charge >= 0.3 is 0 Å². The molecule has 6 nitrogen and oxygen atoms in total. The quantitative estimate of drug-likeness (QED) is 0.593. The van der Waals surface area contributed by atoms with Crippen LogP contribution in [0.2, 0.25) is 0 Å². The van der Waals surface area contributed by atoms with Crippen LogP contribution in [0.15, 0.2) is 54.6 Å². The zero-order valence-corrected chi connectivity index (χ0v) is 15.1. The maximum Gasteiger partial charge on any atom is 0.256 e. The Morgan fingerprint density at radius 1 is 1.15 bits per heavy atom. The number of methoxy groups -OCH3 is 1. The fraction of sp³-hybridized carbons (Fsp3) is 0.105. The number of aryl methyl sites for hydroxylation is 1. The number of hydrogen-bond acceptors (Lipinski definition) is 5. The van der Waals surface area contributed by atoms with Crippen molar-refractivity contribution in [1.82, 2.24) is 14.8 Å². The fourth-order valence-corrected chi connectivity index (χ4v) is 3.58. The molecule has 130 valence electrons. The van der Waals surface area contributed by atoms with E-state index in [4.69, 9.17) is 4.74 Å². The van der Waals surface area contributed by atoms with E-state index < -0.39 is 0 Å². The largest absolute Gasteiger partial charge is 0.497 e. The lowest BCUT2D eigenvalue weighted by molar-refractivity contribution is 0.102. The van der Waals surface area contributed by atoms with Crippen LogP contribution in [0.3, 0.4) is 0 Å². The second-order valence-electron chi connectivity index (χ2n) is 5.73. The Labute approximate surface area is 154 Å². The first-order valence-corrected chi connectivity index (χ1v) is 8.84. The molecule has 4 aromatic rings. The Bertz CT molecular complexity index is 1090. The summed E-state index contributed by atoms with van der Waals surface area (Å²) in [6.07, 6.45) is 0. The van der Waals surface area contributed by atoms with E-state index in [0.717, 1.165) is 21.7 Å². The van der Waals surface area contributed by atoms with E-state index in [-0.39, 0.29) is 5.91 Å². The Kier molecular flexibility index (Phi) is 4.14. The number of benzene rings is 2. The Morgan fingerprint density at radius 2 is 1.96 bits per heavy atom. The van der Waals surface area contributed by atoms with Crippen LogP contribution in [0.1, 0.15) is 16.1 Å². The molecule has 4 rings (SSSR count). The number of aromatic nitrogens is 3. The molecule has 1 N–H and O–H groups in total. The smallest absolute Gasteiger partial charge is 0.256 e. The normalized spacial score (nSPS) is 10.8. The minimum atomic E-state index is -0.186. The van der Waals surface area contributed by atoms with Crippen molar-refractivity contribution >= 4 is 33.3 Å². The topological polar surface area (TPSA) is 69.0 Å². The molecule has 0 bridgehead atoms. The molecular weight excluding hydrogens is 348 g/mol. The lowest BCUT2D eigenvalue weighted by Crippen LogP contribution is -2.14. The van der Waals surface area contributed by atoms with E-state index in [2.05, 4.69) is 15.4 Å². The first-order valence-electron chi connectivity index (χ1n) is 8.02. The monoisotopic (exact) mass is 364 g/mol. The van der Waals surface area contributed by atoms with Crippen molar-refractivity contribution in [2.24, 2.45) is 0 Å². The molecule has 26 heavy (non-hydrogen) atoms. The van der Waals surface area contributed by atoms with E-state index in [9.17, 15) is 4.79 Å². The summed E-state index contributed by atoms with van der Waals surface area (Å²) in [4.78, 5) is 17.1. The van der Waals surface area contributed by atoms with Gasteiger partial charge in [-0.1, -0.05) is 29.5 Å². The Hall–Kier alpha value is -3.19. The number of hydrogen-bond donors (Lipinski definition) is 1. The van der Waals surface area contributed by atoms with Gasteiger partial charge in [-0.05, 0) is 37.3 Å². The van der Waals surface area contributed by atoms with E-state index in [1.807, 2.05) is 49.4 Å². The molecule has 0 unspecified atom stereocenters. The van der Waals surface area contributed by atoms with Gasteiger partial charge < -0.3 is 10.1 Å². The highest BCUT2D eigenvalue weighted by Crippen LogP contribution is 2.30. The Morgan fingerprint density at radius 3 is 2.73 bits per heavy atom. The van der Waals surface area contributed by atoms with Gasteiger partial charge in [0.2, 0.25) is 5.13 Å².